The Morgan fingerprint density at radius 1 is 0.676 bits per heavy atom. The fourth-order valence-electron chi connectivity index (χ4n) is 4.09. The first-order valence-electron chi connectivity index (χ1n) is 12.9. The number of benzene rings is 4. The van der Waals surface area contributed by atoms with Crippen molar-refractivity contribution in [3.63, 3.8) is 0 Å². The highest BCUT2D eigenvalue weighted by molar-refractivity contribution is 6.03. The van der Waals surface area contributed by atoms with Crippen LogP contribution >= 0.6 is 0 Å². The van der Waals surface area contributed by atoms with Gasteiger partial charge in [0, 0.05) is 29.9 Å². The van der Waals surface area contributed by atoms with E-state index in [2.05, 4.69) is 51.3 Å². The molecule has 0 radical (unpaired) electrons. The van der Waals surface area contributed by atoms with Crippen LogP contribution in [0.2, 0.25) is 0 Å². The molecule has 0 saturated heterocycles. The monoisotopic (exact) mass is 494 g/mol. The number of rotatable bonds is 11. The van der Waals surface area contributed by atoms with Crippen LogP contribution < -0.4 is 10.6 Å². The first kappa shape index (κ1) is 25.8. The molecular formula is C30H34N6O. The summed E-state index contributed by atoms with van der Waals surface area (Å²) in [5.41, 5.74) is 10.4. The number of hydrogen-bond donors (Lipinski definition) is 2. The number of nitrogens with two attached hydrogens (primary N) is 1. The molecule has 0 fully saturated rings. The van der Waals surface area contributed by atoms with Gasteiger partial charge in [0.05, 0.1) is 17.1 Å². The number of unbranched alkanes of at least 4 members (excludes halogenated alkanes) is 2. The normalized spacial score (nSPS) is 11.6. The molecule has 7 heteroatoms. The van der Waals surface area contributed by atoms with Crippen LogP contribution in [-0.4, -0.2) is 18.2 Å². The van der Waals surface area contributed by atoms with Crippen molar-refractivity contribution in [3.05, 3.63) is 78.9 Å². The summed E-state index contributed by atoms with van der Waals surface area (Å²) in [6.45, 7) is 6.61. The zero-order valence-corrected chi connectivity index (χ0v) is 21.5. The molecule has 0 aliphatic rings. The quantitative estimate of drug-likeness (QED) is 0.160. The van der Waals surface area contributed by atoms with Gasteiger partial charge < -0.3 is 15.7 Å². The number of anilines is 2. The van der Waals surface area contributed by atoms with Gasteiger partial charge in [-0.2, -0.15) is 15.3 Å². The molecule has 7 nitrogen and oxygen atoms in total. The maximum atomic E-state index is 10.3. The molecule has 37 heavy (non-hydrogen) atoms. The molecule has 0 bridgehead atoms. The summed E-state index contributed by atoms with van der Waals surface area (Å²) < 4.78 is 0. The second kappa shape index (κ2) is 12.6. The third kappa shape index (κ3) is 6.70. The SMILES string of the molecule is CCCCN(CCCC)c1ccc(/N=N/c2ccc(/N=N/c3c(O)ccc4cccc(N)c34)cc2)cc1. The Hall–Kier alpha value is -4.26. The van der Waals surface area contributed by atoms with E-state index in [1.807, 2.05) is 54.6 Å². The van der Waals surface area contributed by atoms with Gasteiger partial charge in [-0.25, -0.2) is 0 Å². The standard InChI is InChI=1S/C30H34N6O/c1-3-5-20-36(21-6-4-2)26-17-15-25(16-18-26)33-32-23-11-13-24(14-12-23)34-35-30-28(37)19-10-22-8-7-9-27(31)29(22)30/h7-19,37H,3-6,20-21,31H2,1-2H3/b33-32+,35-34+. The molecular weight excluding hydrogens is 460 g/mol. The summed E-state index contributed by atoms with van der Waals surface area (Å²) in [6.07, 6.45) is 4.76. The average molecular weight is 495 g/mol. The molecule has 0 aromatic heterocycles. The molecule has 0 saturated carbocycles. The van der Waals surface area contributed by atoms with E-state index in [9.17, 15) is 5.11 Å². The van der Waals surface area contributed by atoms with Crippen LogP contribution in [0.1, 0.15) is 39.5 Å². The van der Waals surface area contributed by atoms with Crippen molar-refractivity contribution >= 4 is 44.9 Å². The first-order chi connectivity index (χ1) is 18.1. The van der Waals surface area contributed by atoms with E-state index in [-0.39, 0.29) is 5.75 Å². The van der Waals surface area contributed by atoms with Crippen LogP contribution in [0.5, 0.6) is 5.75 Å². The minimum absolute atomic E-state index is 0.0319. The van der Waals surface area contributed by atoms with Gasteiger partial charge in [0.2, 0.25) is 0 Å². The first-order valence-corrected chi connectivity index (χ1v) is 12.9. The molecule has 4 rings (SSSR count). The van der Waals surface area contributed by atoms with Gasteiger partial charge >= 0.3 is 0 Å². The van der Waals surface area contributed by atoms with Gasteiger partial charge in [0.25, 0.3) is 0 Å². The average Bonchev–Trinajstić information content (AvgIpc) is 2.93. The van der Waals surface area contributed by atoms with Crippen molar-refractivity contribution in [1.82, 2.24) is 0 Å². The topological polar surface area (TPSA) is 98.9 Å². The second-order valence-corrected chi connectivity index (χ2v) is 9.01. The van der Waals surface area contributed by atoms with E-state index in [1.54, 1.807) is 12.1 Å². The summed E-state index contributed by atoms with van der Waals surface area (Å²) >= 11 is 0. The number of aromatic hydroxyl groups is 1. The lowest BCUT2D eigenvalue weighted by Gasteiger charge is -2.24. The van der Waals surface area contributed by atoms with Crippen LogP contribution in [0, 0.1) is 0 Å². The molecule has 0 spiro atoms. The van der Waals surface area contributed by atoms with E-state index >= 15 is 0 Å². The molecule has 3 N–H and O–H groups in total. The maximum absolute atomic E-state index is 10.3. The van der Waals surface area contributed by atoms with Crippen molar-refractivity contribution in [3.8, 4) is 5.75 Å². The van der Waals surface area contributed by atoms with E-state index < -0.39 is 0 Å². The van der Waals surface area contributed by atoms with Gasteiger partial charge in [-0.15, -0.1) is 5.11 Å². The smallest absolute Gasteiger partial charge is 0.143 e. The Morgan fingerprint density at radius 2 is 1.22 bits per heavy atom. The van der Waals surface area contributed by atoms with E-state index in [1.165, 1.54) is 31.4 Å². The number of azo groups is 2. The molecule has 0 atom stereocenters. The molecule has 0 unspecified atom stereocenters. The van der Waals surface area contributed by atoms with Crippen LogP contribution in [0.3, 0.4) is 0 Å². The van der Waals surface area contributed by atoms with E-state index in [0.29, 0.717) is 28.1 Å². The van der Waals surface area contributed by atoms with Gasteiger partial charge in [0.15, 0.2) is 0 Å². The number of nitrogen functional groups attached to an aromatic ring is 1. The molecule has 4 aromatic rings. The lowest BCUT2D eigenvalue weighted by molar-refractivity contribution is 0.477. The van der Waals surface area contributed by atoms with Gasteiger partial charge in [0.1, 0.15) is 11.4 Å². The summed E-state index contributed by atoms with van der Waals surface area (Å²) in [7, 11) is 0. The third-order valence-electron chi connectivity index (χ3n) is 6.20. The Bertz CT molecular complexity index is 1360. The highest BCUT2D eigenvalue weighted by Crippen LogP contribution is 2.39. The number of nitrogens with zero attached hydrogens (tertiary/aromatic N) is 5. The maximum Gasteiger partial charge on any atom is 0.143 e. The third-order valence-corrected chi connectivity index (χ3v) is 6.20. The molecule has 0 heterocycles. The predicted octanol–water partition coefficient (Wildman–Crippen LogP) is 9.37. The number of fused-ring (bicyclic) bond motifs is 1. The van der Waals surface area contributed by atoms with Gasteiger partial charge in [-0.1, -0.05) is 44.9 Å². The van der Waals surface area contributed by atoms with E-state index in [0.717, 1.165) is 24.2 Å². The number of phenols is 1. The zero-order valence-electron chi connectivity index (χ0n) is 21.5. The van der Waals surface area contributed by atoms with Gasteiger partial charge in [-0.05, 0) is 78.9 Å². The highest BCUT2D eigenvalue weighted by atomic mass is 16.3. The minimum atomic E-state index is 0.0319. The minimum Gasteiger partial charge on any atom is -0.506 e. The number of phenolic OH excluding ortho intramolecular Hbond substituents is 1. The molecule has 190 valence electrons. The summed E-state index contributed by atoms with van der Waals surface area (Å²) in [5.74, 6) is 0.0319. The fraction of sp³-hybridized carbons (Fsp3) is 0.267. The van der Waals surface area contributed by atoms with Crippen molar-refractivity contribution in [2.75, 3.05) is 23.7 Å². The Kier molecular flexibility index (Phi) is 8.81. The Morgan fingerprint density at radius 3 is 1.78 bits per heavy atom. The van der Waals surface area contributed by atoms with E-state index in [4.69, 9.17) is 5.73 Å². The van der Waals surface area contributed by atoms with Crippen LogP contribution in [0.25, 0.3) is 10.8 Å². The van der Waals surface area contributed by atoms with Crippen LogP contribution in [0.4, 0.5) is 34.1 Å². The second-order valence-electron chi connectivity index (χ2n) is 9.01. The summed E-state index contributed by atoms with van der Waals surface area (Å²) in [6, 6.07) is 24.5. The van der Waals surface area contributed by atoms with Crippen LogP contribution in [0.15, 0.2) is 99.3 Å². The zero-order chi connectivity index (χ0) is 26.0. The molecule has 4 aromatic carbocycles. The predicted molar refractivity (Wildman–Crippen MR) is 153 cm³/mol. The molecule has 0 aliphatic heterocycles. The fourth-order valence-corrected chi connectivity index (χ4v) is 4.09. The lowest BCUT2D eigenvalue weighted by atomic mass is 10.1. The Balaban J connectivity index is 1.43. The lowest BCUT2D eigenvalue weighted by Crippen LogP contribution is -2.25. The highest BCUT2D eigenvalue weighted by Gasteiger charge is 2.09. The number of hydrogen-bond acceptors (Lipinski definition) is 7. The molecule has 0 aliphatic carbocycles. The van der Waals surface area contributed by atoms with Crippen molar-refractivity contribution in [2.45, 2.75) is 39.5 Å². The van der Waals surface area contributed by atoms with Gasteiger partial charge in [-0.3, -0.25) is 0 Å². The van der Waals surface area contributed by atoms with Crippen molar-refractivity contribution in [1.29, 1.82) is 0 Å². The summed E-state index contributed by atoms with van der Waals surface area (Å²) in [4.78, 5) is 2.45. The van der Waals surface area contributed by atoms with Crippen LogP contribution in [-0.2, 0) is 0 Å². The van der Waals surface area contributed by atoms with Crippen molar-refractivity contribution in [2.24, 2.45) is 20.5 Å². The summed E-state index contributed by atoms with van der Waals surface area (Å²) in [5, 5.41) is 29.2. The Labute approximate surface area is 218 Å². The molecule has 0 amide bonds. The largest absolute Gasteiger partial charge is 0.506 e. The van der Waals surface area contributed by atoms with Crippen molar-refractivity contribution < 1.29 is 5.11 Å².